The van der Waals surface area contributed by atoms with Crippen LogP contribution >= 0.6 is 0 Å². The normalized spacial score (nSPS) is 18.1. The molecule has 2 N–H and O–H groups in total. The molecule has 0 spiro atoms. The van der Waals surface area contributed by atoms with Crippen LogP contribution < -0.4 is 0 Å². The number of carbonyl (C=O) groups excluding carboxylic acids is 2. The Kier molecular flexibility index (Phi) is 9.76. The van der Waals surface area contributed by atoms with Gasteiger partial charge in [-0.05, 0) is 11.1 Å². The number of carboxylic acid groups (broad SMARTS) is 2. The third-order valence-electron chi connectivity index (χ3n) is 6.15. The SMILES string of the molecule is O=C(CN1CC(c2ccccc2)CC1=O)N1CCN(Cc2ccccc2)CC1.O=C(O)C=CC(=O)O. The van der Waals surface area contributed by atoms with Crippen LogP contribution in [0.4, 0.5) is 0 Å². The van der Waals surface area contributed by atoms with E-state index >= 15 is 0 Å². The molecule has 2 aliphatic heterocycles. The van der Waals surface area contributed by atoms with Crippen LogP contribution in [0.1, 0.15) is 23.5 Å². The Morgan fingerprint density at radius 1 is 0.833 bits per heavy atom. The van der Waals surface area contributed by atoms with Gasteiger partial charge in [0, 0.05) is 63.8 Å². The minimum atomic E-state index is -1.26. The number of benzene rings is 2. The molecule has 2 aromatic rings. The number of hydrogen-bond acceptors (Lipinski definition) is 5. The maximum absolute atomic E-state index is 12.7. The molecule has 2 aromatic carbocycles. The minimum absolute atomic E-state index is 0.0708. The Hall–Kier alpha value is -3.98. The minimum Gasteiger partial charge on any atom is -0.478 e. The Morgan fingerprint density at radius 2 is 1.39 bits per heavy atom. The van der Waals surface area contributed by atoms with Gasteiger partial charge in [0.15, 0.2) is 0 Å². The number of nitrogens with zero attached hydrogens (tertiary/aromatic N) is 3. The zero-order valence-electron chi connectivity index (χ0n) is 20.0. The Bertz CT molecular complexity index is 1050. The summed E-state index contributed by atoms with van der Waals surface area (Å²) in [4.78, 5) is 50.2. The molecule has 0 bridgehead atoms. The largest absolute Gasteiger partial charge is 0.478 e. The average molecular weight is 494 g/mol. The first-order valence-electron chi connectivity index (χ1n) is 11.8. The van der Waals surface area contributed by atoms with Crippen LogP contribution in [-0.2, 0) is 25.7 Å². The van der Waals surface area contributed by atoms with Crippen molar-refractivity contribution in [3.63, 3.8) is 0 Å². The second kappa shape index (κ2) is 13.2. The number of aliphatic carboxylic acids is 2. The number of rotatable bonds is 7. The molecule has 0 radical (unpaired) electrons. The lowest BCUT2D eigenvalue weighted by atomic mass is 9.99. The molecule has 1 unspecified atom stereocenters. The summed E-state index contributed by atoms with van der Waals surface area (Å²) >= 11 is 0. The van der Waals surface area contributed by atoms with Gasteiger partial charge < -0.3 is 20.0 Å². The lowest BCUT2D eigenvalue weighted by Crippen LogP contribution is -2.51. The van der Waals surface area contributed by atoms with E-state index in [0.717, 1.165) is 32.7 Å². The molecule has 190 valence electrons. The summed E-state index contributed by atoms with van der Waals surface area (Å²) in [5.74, 6) is -2.16. The van der Waals surface area contributed by atoms with Gasteiger partial charge in [-0.1, -0.05) is 60.7 Å². The Balaban J connectivity index is 0.000000392. The van der Waals surface area contributed by atoms with Crippen molar-refractivity contribution < 1.29 is 29.4 Å². The van der Waals surface area contributed by atoms with Crippen LogP contribution in [0.2, 0.25) is 0 Å². The molecule has 2 fully saturated rings. The Labute approximate surface area is 210 Å². The highest BCUT2D eigenvalue weighted by Gasteiger charge is 2.33. The van der Waals surface area contributed by atoms with Crippen molar-refractivity contribution in [2.45, 2.75) is 18.9 Å². The number of likely N-dealkylation sites (tertiary alicyclic amines) is 1. The van der Waals surface area contributed by atoms with E-state index in [1.54, 1.807) is 4.90 Å². The van der Waals surface area contributed by atoms with Gasteiger partial charge in [0.25, 0.3) is 0 Å². The topological polar surface area (TPSA) is 118 Å². The molecule has 4 rings (SSSR count). The molecule has 9 heteroatoms. The maximum Gasteiger partial charge on any atom is 0.328 e. The van der Waals surface area contributed by atoms with Crippen molar-refractivity contribution in [1.82, 2.24) is 14.7 Å². The van der Waals surface area contributed by atoms with Crippen LogP contribution in [0.15, 0.2) is 72.8 Å². The van der Waals surface area contributed by atoms with Gasteiger partial charge in [0.1, 0.15) is 0 Å². The second-order valence-corrected chi connectivity index (χ2v) is 8.74. The van der Waals surface area contributed by atoms with E-state index in [0.29, 0.717) is 25.1 Å². The summed E-state index contributed by atoms with van der Waals surface area (Å²) in [5.41, 5.74) is 2.48. The molecule has 2 heterocycles. The fraction of sp³-hybridized carbons (Fsp3) is 0.333. The van der Waals surface area contributed by atoms with Crippen molar-refractivity contribution in [2.75, 3.05) is 39.3 Å². The predicted octanol–water partition coefficient (Wildman–Crippen LogP) is 2.06. The number of carboxylic acids is 2. The van der Waals surface area contributed by atoms with E-state index < -0.39 is 11.9 Å². The highest BCUT2D eigenvalue weighted by Crippen LogP contribution is 2.27. The van der Waals surface area contributed by atoms with Crippen LogP contribution in [-0.4, -0.2) is 87.9 Å². The highest BCUT2D eigenvalue weighted by atomic mass is 16.4. The first kappa shape index (κ1) is 26.6. The van der Waals surface area contributed by atoms with Crippen molar-refractivity contribution in [3.8, 4) is 0 Å². The molecule has 9 nitrogen and oxygen atoms in total. The molecule has 1 atom stereocenters. The number of hydrogen-bond donors (Lipinski definition) is 2. The first-order chi connectivity index (χ1) is 17.3. The van der Waals surface area contributed by atoms with E-state index in [1.807, 2.05) is 29.2 Å². The van der Waals surface area contributed by atoms with Gasteiger partial charge in [-0.3, -0.25) is 14.5 Å². The molecule has 2 aliphatic rings. The van der Waals surface area contributed by atoms with E-state index in [-0.39, 0.29) is 24.3 Å². The summed E-state index contributed by atoms with van der Waals surface area (Å²) in [5, 5.41) is 15.6. The highest BCUT2D eigenvalue weighted by molar-refractivity contribution is 5.89. The van der Waals surface area contributed by atoms with Gasteiger partial charge in [0.2, 0.25) is 11.8 Å². The van der Waals surface area contributed by atoms with Gasteiger partial charge >= 0.3 is 11.9 Å². The van der Waals surface area contributed by atoms with Crippen molar-refractivity contribution in [3.05, 3.63) is 83.9 Å². The monoisotopic (exact) mass is 493 g/mol. The van der Waals surface area contributed by atoms with Crippen LogP contribution in [0, 0.1) is 0 Å². The lowest BCUT2D eigenvalue weighted by Gasteiger charge is -2.35. The molecular formula is C27H31N3O6. The summed E-state index contributed by atoms with van der Waals surface area (Å²) < 4.78 is 0. The molecule has 2 amide bonds. The second-order valence-electron chi connectivity index (χ2n) is 8.74. The molecule has 0 saturated carbocycles. The van der Waals surface area contributed by atoms with Crippen LogP contribution in [0.3, 0.4) is 0 Å². The third-order valence-corrected chi connectivity index (χ3v) is 6.15. The number of carbonyl (C=O) groups is 4. The molecule has 2 saturated heterocycles. The fourth-order valence-corrected chi connectivity index (χ4v) is 4.28. The van der Waals surface area contributed by atoms with E-state index in [1.165, 1.54) is 11.1 Å². The smallest absolute Gasteiger partial charge is 0.328 e. The van der Waals surface area contributed by atoms with Gasteiger partial charge in [-0.15, -0.1) is 0 Å². The molecule has 36 heavy (non-hydrogen) atoms. The average Bonchev–Trinajstić information content (AvgIpc) is 3.24. The third kappa shape index (κ3) is 8.35. The summed E-state index contributed by atoms with van der Waals surface area (Å²) in [6, 6.07) is 20.5. The lowest BCUT2D eigenvalue weighted by molar-refractivity contribution is -0.139. The number of amides is 2. The zero-order chi connectivity index (χ0) is 25.9. The summed E-state index contributed by atoms with van der Waals surface area (Å²) in [7, 11) is 0. The zero-order valence-corrected chi connectivity index (χ0v) is 20.0. The van der Waals surface area contributed by atoms with E-state index in [9.17, 15) is 19.2 Å². The standard InChI is InChI=1S/C23H27N3O2.C4H4O4/c27-22-15-21(20-9-5-2-6-10-20)17-26(22)18-23(28)25-13-11-24(12-14-25)16-19-7-3-1-4-8-19;5-3(6)1-2-4(7)8/h1-10,21H,11-18H2;1-2H,(H,5,6)(H,7,8). The summed E-state index contributed by atoms with van der Waals surface area (Å²) in [6.45, 7) is 4.99. The number of piperazine rings is 1. The van der Waals surface area contributed by atoms with Crippen molar-refractivity contribution in [2.24, 2.45) is 0 Å². The molecular weight excluding hydrogens is 462 g/mol. The van der Waals surface area contributed by atoms with Crippen molar-refractivity contribution >= 4 is 23.8 Å². The maximum atomic E-state index is 12.7. The van der Waals surface area contributed by atoms with Gasteiger partial charge in [-0.2, -0.15) is 0 Å². The van der Waals surface area contributed by atoms with Crippen molar-refractivity contribution in [1.29, 1.82) is 0 Å². The summed E-state index contributed by atoms with van der Waals surface area (Å²) in [6.07, 6.45) is 1.62. The first-order valence-corrected chi connectivity index (χ1v) is 11.8. The van der Waals surface area contributed by atoms with E-state index in [2.05, 4.69) is 41.3 Å². The van der Waals surface area contributed by atoms with E-state index in [4.69, 9.17) is 10.2 Å². The van der Waals surface area contributed by atoms with Crippen LogP contribution in [0.5, 0.6) is 0 Å². The van der Waals surface area contributed by atoms with Gasteiger partial charge in [0.05, 0.1) is 6.54 Å². The Morgan fingerprint density at radius 3 is 1.94 bits per heavy atom. The molecule has 0 aliphatic carbocycles. The molecule has 0 aromatic heterocycles. The predicted molar refractivity (Wildman–Crippen MR) is 133 cm³/mol. The van der Waals surface area contributed by atoms with Crippen LogP contribution in [0.25, 0.3) is 0 Å². The quantitative estimate of drug-likeness (QED) is 0.567. The van der Waals surface area contributed by atoms with Gasteiger partial charge in [-0.25, -0.2) is 9.59 Å². The fourth-order valence-electron chi connectivity index (χ4n) is 4.28.